The molecule has 3 heterocycles. The predicted octanol–water partition coefficient (Wildman–Crippen LogP) is 6.54. The second kappa shape index (κ2) is 9.92. The lowest BCUT2D eigenvalue weighted by atomic mass is 10.1. The van der Waals surface area contributed by atoms with Gasteiger partial charge in [-0.05, 0) is 56.4 Å². The van der Waals surface area contributed by atoms with E-state index < -0.39 is 0 Å². The zero-order valence-electron chi connectivity index (χ0n) is 20.8. The molecule has 4 aromatic rings. The summed E-state index contributed by atoms with van der Waals surface area (Å²) in [4.78, 5) is 7.53. The summed E-state index contributed by atoms with van der Waals surface area (Å²) in [5, 5.41) is 5.64. The van der Waals surface area contributed by atoms with Gasteiger partial charge in [0.25, 0.3) is 0 Å². The van der Waals surface area contributed by atoms with Crippen LogP contribution in [0.2, 0.25) is 5.02 Å². The molecule has 2 aromatic carbocycles. The first kappa shape index (κ1) is 24.9. The van der Waals surface area contributed by atoms with Gasteiger partial charge in [0.2, 0.25) is 0 Å². The molecular formula is C28H30Cl2N4O2. The molecule has 0 saturated heterocycles. The van der Waals surface area contributed by atoms with Gasteiger partial charge in [-0.3, -0.25) is 0 Å². The fourth-order valence-corrected chi connectivity index (χ4v) is 5.22. The van der Waals surface area contributed by atoms with E-state index in [1.54, 1.807) is 7.11 Å². The number of halogens is 2. The van der Waals surface area contributed by atoms with Gasteiger partial charge in [0.05, 0.1) is 42.3 Å². The molecule has 0 radical (unpaired) electrons. The number of fused-ring (bicyclic) bond motifs is 2. The van der Waals surface area contributed by atoms with Crippen molar-refractivity contribution in [3.8, 4) is 16.9 Å². The Bertz CT molecular complexity index is 1410. The molecule has 0 N–H and O–H groups in total. The van der Waals surface area contributed by atoms with Crippen molar-refractivity contribution in [2.45, 2.75) is 46.4 Å². The predicted molar refractivity (Wildman–Crippen MR) is 145 cm³/mol. The number of methoxy groups -OCH3 is 1. The fourth-order valence-electron chi connectivity index (χ4n) is 4.95. The quantitative estimate of drug-likeness (QED) is 0.274. The van der Waals surface area contributed by atoms with E-state index in [0.29, 0.717) is 24.2 Å². The van der Waals surface area contributed by atoms with E-state index in [4.69, 9.17) is 31.2 Å². The number of aryl methyl sites for hydroxylation is 2. The Morgan fingerprint density at radius 3 is 2.58 bits per heavy atom. The van der Waals surface area contributed by atoms with Gasteiger partial charge >= 0.3 is 0 Å². The highest BCUT2D eigenvalue weighted by Crippen LogP contribution is 2.40. The lowest BCUT2D eigenvalue weighted by molar-refractivity contribution is 0.133. The molecule has 0 spiro atoms. The van der Waals surface area contributed by atoms with Crippen LogP contribution >= 0.6 is 24.0 Å². The molecule has 2 aromatic heterocycles. The van der Waals surface area contributed by atoms with Crippen LogP contribution in [0.4, 0.5) is 5.82 Å². The summed E-state index contributed by atoms with van der Waals surface area (Å²) in [7, 11) is 1.64. The van der Waals surface area contributed by atoms with Crippen molar-refractivity contribution in [1.82, 2.24) is 14.6 Å². The number of ether oxygens (including phenoxy) is 2. The number of hydrogen-bond donors (Lipinski definition) is 0. The summed E-state index contributed by atoms with van der Waals surface area (Å²) in [6, 6.07) is 14.6. The third kappa shape index (κ3) is 4.54. The number of anilines is 1. The monoisotopic (exact) mass is 524 g/mol. The van der Waals surface area contributed by atoms with Gasteiger partial charge in [0.1, 0.15) is 11.6 Å². The van der Waals surface area contributed by atoms with Crippen LogP contribution in [0.1, 0.15) is 40.9 Å². The van der Waals surface area contributed by atoms with E-state index in [1.807, 2.05) is 29.6 Å². The maximum Gasteiger partial charge on any atom is 0.165 e. The highest BCUT2D eigenvalue weighted by Gasteiger charge is 2.31. The molecule has 6 rings (SSSR count). The van der Waals surface area contributed by atoms with Crippen molar-refractivity contribution < 1.29 is 9.47 Å². The average Bonchev–Trinajstić information content (AvgIpc) is 3.44. The highest BCUT2D eigenvalue weighted by molar-refractivity contribution is 6.33. The third-order valence-electron chi connectivity index (χ3n) is 7.00. The molecule has 0 unspecified atom stereocenters. The van der Waals surface area contributed by atoms with Crippen molar-refractivity contribution in [3.63, 3.8) is 0 Å². The van der Waals surface area contributed by atoms with Gasteiger partial charge in [-0.15, -0.1) is 12.4 Å². The minimum Gasteiger partial charge on any atom is -0.497 e. The molecule has 1 fully saturated rings. The SMILES string of the molecule is COc1ccc(-c2c(C)nn3c(N(Cc4ccc(C)cc4)CC4CC4)c4c(nc23)COC4)c(Cl)c1.Cl. The average molecular weight is 525 g/mol. The Kier molecular flexibility index (Phi) is 6.86. The second-order valence-corrected chi connectivity index (χ2v) is 10.1. The topological polar surface area (TPSA) is 51.9 Å². The summed E-state index contributed by atoms with van der Waals surface area (Å²) in [5.41, 5.74) is 8.27. The molecule has 2 aliphatic rings. The summed E-state index contributed by atoms with van der Waals surface area (Å²) in [6.45, 7) is 7.04. The molecule has 1 aliphatic heterocycles. The normalized spacial score (nSPS) is 14.6. The first-order valence-electron chi connectivity index (χ1n) is 12.1. The molecule has 188 valence electrons. The summed E-state index contributed by atoms with van der Waals surface area (Å²) in [6.07, 6.45) is 2.56. The van der Waals surface area contributed by atoms with Crippen LogP contribution in [0.3, 0.4) is 0 Å². The lowest BCUT2D eigenvalue weighted by Gasteiger charge is -2.27. The fraction of sp³-hybridized carbons (Fsp3) is 0.357. The first-order chi connectivity index (χ1) is 17.0. The van der Waals surface area contributed by atoms with Crippen LogP contribution < -0.4 is 9.64 Å². The summed E-state index contributed by atoms with van der Waals surface area (Å²) in [5.74, 6) is 2.53. The van der Waals surface area contributed by atoms with Crippen LogP contribution in [0, 0.1) is 19.8 Å². The van der Waals surface area contributed by atoms with Gasteiger partial charge < -0.3 is 14.4 Å². The number of benzene rings is 2. The molecule has 8 heteroatoms. The molecule has 0 bridgehead atoms. The Hall–Kier alpha value is -2.80. The van der Waals surface area contributed by atoms with Crippen LogP contribution in [0.25, 0.3) is 16.8 Å². The van der Waals surface area contributed by atoms with E-state index in [0.717, 1.165) is 58.4 Å². The zero-order valence-corrected chi connectivity index (χ0v) is 22.3. The highest BCUT2D eigenvalue weighted by atomic mass is 35.5. The van der Waals surface area contributed by atoms with E-state index in [9.17, 15) is 0 Å². The lowest BCUT2D eigenvalue weighted by Crippen LogP contribution is -2.29. The molecule has 1 aliphatic carbocycles. The van der Waals surface area contributed by atoms with Crippen molar-refractivity contribution in [2.75, 3.05) is 18.6 Å². The molecule has 0 atom stereocenters. The Morgan fingerprint density at radius 2 is 1.89 bits per heavy atom. The van der Waals surface area contributed by atoms with Gasteiger partial charge in [-0.1, -0.05) is 41.4 Å². The zero-order chi connectivity index (χ0) is 24.1. The van der Waals surface area contributed by atoms with Crippen molar-refractivity contribution >= 4 is 35.5 Å². The Balaban J connectivity index is 0.00000267. The summed E-state index contributed by atoms with van der Waals surface area (Å²) < 4.78 is 13.3. The van der Waals surface area contributed by atoms with Crippen LogP contribution in [0.5, 0.6) is 5.75 Å². The van der Waals surface area contributed by atoms with Crippen LogP contribution in [0.15, 0.2) is 42.5 Å². The minimum atomic E-state index is 0. The van der Waals surface area contributed by atoms with Crippen molar-refractivity contribution in [3.05, 3.63) is 75.6 Å². The van der Waals surface area contributed by atoms with E-state index >= 15 is 0 Å². The molecule has 1 saturated carbocycles. The first-order valence-corrected chi connectivity index (χ1v) is 12.5. The van der Waals surface area contributed by atoms with Gasteiger partial charge in [0, 0.05) is 24.2 Å². The molecule has 0 amide bonds. The minimum absolute atomic E-state index is 0. The standard InChI is InChI=1S/C28H29ClN4O2.ClH/c1-17-4-6-19(7-5-17)13-32(14-20-8-9-20)28-23-15-35-16-25(23)30-27-26(18(2)31-33(27)28)22-11-10-21(34-3)12-24(22)29;/h4-7,10-12,20H,8-9,13-16H2,1-3H3;1H. The maximum atomic E-state index is 6.71. The summed E-state index contributed by atoms with van der Waals surface area (Å²) >= 11 is 6.71. The smallest absolute Gasteiger partial charge is 0.165 e. The van der Waals surface area contributed by atoms with Gasteiger partial charge in [0.15, 0.2) is 5.65 Å². The Morgan fingerprint density at radius 1 is 1.11 bits per heavy atom. The van der Waals surface area contributed by atoms with E-state index in [1.165, 1.54) is 24.0 Å². The van der Waals surface area contributed by atoms with E-state index in [-0.39, 0.29) is 12.4 Å². The second-order valence-electron chi connectivity index (χ2n) is 9.70. The maximum absolute atomic E-state index is 6.71. The Labute approximate surface area is 222 Å². The van der Waals surface area contributed by atoms with Crippen molar-refractivity contribution in [1.29, 1.82) is 0 Å². The van der Waals surface area contributed by atoms with Crippen LogP contribution in [-0.2, 0) is 24.5 Å². The molecule has 6 nitrogen and oxygen atoms in total. The number of rotatable bonds is 7. The van der Waals surface area contributed by atoms with Crippen molar-refractivity contribution in [2.24, 2.45) is 5.92 Å². The molecular weight excluding hydrogens is 495 g/mol. The van der Waals surface area contributed by atoms with E-state index in [2.05, 4.69) is 36.1 Å². The van der Waals surface area contributed by atoms with Crippen LogP contribution in [-0.4, -0.2) is 28.3 Å². The third-order valence-corrected chi connectivity index (χ3v) is 7.31. The van der Waals surface area contributed by atoms with Gasteiger partial charge in [-0.25, -0.2) is 4.98 Å². The van der Waals surface area contributed by atoms with Gasteiger partial charge in [-0.2, -0.15) is 9.61 Å². The number of hydrogen-bond acceptors (Lipinski definition) is 5. The number of aromatic nitrogens is 3. The largest absolute Gasteiger partial charge is 0.497 e. The number of nitrogens with zero attached hydrogens (tertiary/aromatic N) is 4. The molecule has 36 heavy (non-hydrogen) atoms.